The predicted molar refractivity (Wildman–Crippen MR) is 57.8 cm³/mol. The zero-order valence-electron chi connectivity index (χ0n) is 7.58. The van der Waals surface area contributed by atoms with Crippen LogP contribution < -0.4 is 5.32 Å². The smallest absolute Gasteiger partial charge is 0.228 e. The Morgan fingerprint density at radius 1 is 1.64 bits per heavy atom. The molecular weight excluding hydrogens is 220 g/mol. The molecule has 1 aliphatic rings. The van der Waals surface area contributed by atoms with Crippen molar-refractivity contribution in [2.45, 2.75) is 11.9 Å². The monoisotopic (exact) mass is 228 g/mol. The molecule has 2 rings (SSSR count). The largest absolute Gasteiger partial charge is 0.324 e. The number of carbonyl (C=O) groups excluding carboxylic acids is 1. The maximum absolute atomic E-state index is 11.5. The lowest BCUT2D eigenvalue weighted by molar-refractivity contribution is -0.118. The van der Waals surface area contributed by atoms with Crippen molar-refractivity contribution in [3.8, 4) is 0 Å². The third kappa shape index (κ3) is 1.86. The van der Waals surface area contributed by atoms with Crippen LogP contribution in [0.15, 0.2) is 17.2 Å². The summed E-state index contributed by atoms with van der Waals surface area (Å²) in [4.78, 5) is 15.6. The number of aromatic nitrogens is 1. The van der Waals surface area contributed by atoms with Crippen molar-refractivity contribution in [2.24, 2.45) is 5.92 Å². The Balaban J connectivity index is 2.37. The predicted octanol–water partition coefficient (Wildman–Crippen LogP) is 2.42. The third-order valence-corrected chi connectivity index (χ3v) is 3.46. The molecule has 14 heavy (non-hydrogen) atoms. The molecule has 0 saturated heterocycles. The Morgan fingerprint density at radius 3 is 3.21 bits per heavy atom. The highest BCUT2D eigenvalue weighted by molar-refractivity contribution is 7.99. The maximum atomic E-state index is 11.5. The van der Waals surface area contributed by atoms with E-state index in [1.54, 1.807) is 23.9 Å². The van der Waals surface area contributed by atoms with Crippen molar-refractivity contribution >= 4 is 35.0 Å². The zero-order chi connectivity index (χ0) is 10.1. The molecule has 1 aliphatic heterocycles. The molecular formula is C9H9ClN2OS. The van der Waals surface area contributed by atoms with E-state index in [-0.39, 0.29) is 11.8 Å². The summed E-state index contributed by atoms with van der Waals surface area (Å²) in [6.07, 6.45) is 0. The number of halogens is 1. The fourth-order valence-corrected chi connectivity index (χ4v) is 2.35. The van der Waals surface area contributed by atoms with Gasteiger partial charge in [0.15, 0.2) is 0 Å². The van der Waals surface area contributed by atoms with Crippen molar-refractivity contribution in [2.75, 3.05) is 11.1 Å². The molecule has 74 valence electrons. The molecule has 0 aromatic carbocycles. The van der Waals surface area contributed by atoms with Gasteiger partial charge in [-0.15, -0.1) is 11.8 Å². The Hall–Kier alpha value is -0.740. The van der Waals surface area contributed by atoms with Crippen molar-refractivity contribution < 1.29 is 4.79 Å². The van der Waals surface area contributed by atoms with E-state index in [9.17, 15) is 4.79 Å². The summed E-state index contributed by atoms with van der Waals surface area (Å²) >= 11 is 7.32. The van der Waals surface area contributed by atoms with Crippen molar-refractivity contribution in [1.29, 1.82) is 0 Å². The number of carbonyl (C=O) groups is 1. The summed E-state index contributed by atoms with van der Waals surface area (Å²) in [6, 6.07) is 3.46. The lowest BCUT2D eigenvalue weighted by Gasteiger charge is -2.05. The van der Waals surface area contributed by atoms with E-state index in [4.69, 9.17) is 11.6 Å². The highest BCUT2D eigenvalue weighted by atomic mass is 35.5. The molecule has 1 aromatic heterocycles. The van der Waals surface area contributed by atoms with Gasteiger partial charge >= 0.3 is 0 Å². The first kappa shape index (κ1) is 9.80. The van der Waals surface area contributed by atoms with Crippen LogP contribution in [0.1, 0.15) is 6.92 Å². The van der Waals surface area contributed by atoms with Gasteiger partial charge in [-0.1, -0.05) is 18.5 Å². The first-order valence-corrected chi connectivity index (χ1v) is 5.63. The first-order chi connectivity index (χ1) is 6.66. The molecule has 5 heteroatoms. The van der Waals surface area contributed by atoms with Gasteiger partial charge in [0.25, 0.3) is 0 Å². The van der Waals surface area contributed by atoms with E-state index in [2.05, 4.69) is 10.3 Å². The Bertz CT molecular complexity index is 383. The number of thioether (sulfide) groups is 1. The summed E-state index contributed by atoms with van der Waals surface area (Å²) in [5.41, 5.74) is 0.758. The van der Waals surface area contributed by atoms with E-state index >= 15 is 0 Å². The van der Waals surface area contributed by atoms with Crippen LogP contribution in [0.3, 0.4) is 0 Å². The van der Waals surface area contributed by atoms with Gasteiger partial charge in [0.1, 0.15) is 10.2 Å². The highest BCUT2D eigenvalue weighted by Crippen LogP contribution is 2.31. The third-order valence-electron chi connectivity index (χ3n) is 2.00. The Kier molecular flexibility index (Phi) is 2.65. The number of pyridine rings is 1. The molecule has 1 N–H and O–H groups in total. The molecule has 0 radical (unpaired) electrons. The summed E-state index contributed by atoms with van der Waals surface area (Å²) in [5.74, 6) is 0.792. The topological polar surface area (TPSA) is 42.0 Å². The number of amides is 1. The second kappa shape index (κ2) is 3.79. The lowest BCUT2D eigenvalue weighted by atomic mass is 10.2. The molecule has 2 heterocycles. The van der Waals surface area contributed by atoms with E-state index < -0.39 is 0 Å². The SMILES string of the molecule is CC1CSc2nc(Cl)ccc2NC1=O. The average Bonchev–Trinajstić information content (AvgIpc) is 2.29. The second-order valence-electron chi connectivity index (χ2n) is 3.19. The molecule has 0 saturated carbocycles. The van der Waals surface area contributed by atoms with E-state index in [0.717, 1.165) is 16.5 Å². The number of nitrogens with one attached hydrogen (secondary N) is 1. The van der Waals surface area contributed by atoms with Gasteiger partial charge in [-0.25, -0.2) is 4.98 Å². The van der Waals surface area contributed by atoms with Gasteiger partial charge in [-0.05, 0) is 12.1 Å². The first-order valence-electron chi connectivity index (χ1n) is 4.27. The number of anilines is 1. The molecule has 1 aromatic rings. The van der Waals surface area contributed by atoms with E-state index in [1.165, 1.54) is 0 Å². The minimum absolute atomic E-state index is 0.00738. The summed E-state index contributed by atoms with van der Waals surface area (Å²) in [7, 11) is 0. The van der Waals surface area contributed by atoms with Crippen LogP contribution in [-0.2, 0) is 4.79 Å². The van der Waals surface area contributed by atoms with Crippen LogP contribution in [-0.4, -0.2) is 16.6 Å². The highest BCUT2D eigenvalue weighted by Gasteiger charge is 2.20. The van der Waals surface area contributed by atoms with Crippen molar-refractivity contribution in [1.82, 2.24) is 4.98 Å². The number of hydrogen-bond acceptors (Lipinski definition) is 3. The molecule has 0 bridgehead atoms. The van der Waals surface area contributed by atoms with Crippen LogP contribution in [0.5, 0.6) is 0 Å². The standard InChI is InChI=1S/C9H9ClN2OS/c1-5-4-14-9-6(11-8(5)13)2-3-7(10)12-9/h2-3,5H,4H2,1H3,(H,11,13). The van der Waals surface area contributed by atoms with Gasteiger partial charge in [0.05, 0.1) is 5.69 Å². The lowest BCUT2D eigenvalue weighted by Crippen LogP contribution is -2.20. The fourth-order valence-electron chi connectivity index (χ4n) is 1.16. The summed E-state index contributed by atoms with van der Waals surface area (Å²) in [5, 5.41) is 4.08. The van der Waals surface area contributed by atoms with Gasteiger partial charge in [-0.2, -0.15) is 0 Å². The molecule has 0 aliphatic carbocycles. The fraction of sp³-hybridized carbons (Fsp3) is 0.333. The zero-order valence-corrected chi connectivity index (χ0v) is 9.15. The molecule has 0 spiro atoms. The van der Waals surface area contributed by atoms with Crippen LogP contribution in [0.25, 0.3) is 0 Å². The molecule has 1 amide bonds. The number of fused-ring (bicyclic) bond motifs is 1. The van der Waals surface area contributed by atoms with E-state index in [1.807, 2.05) is 6.92 Å². The van der Waals surface area contributed by atoms with E-state index in [0.29, 0.717) is 5.15 Å². The van der Waals surface area contributed by atoms with Gasteiger partial charge in [0.2, 0.25) is 5.91 Å². The second-order valence-corrected chi connectivity index (χ2v) is 4.58. The molecule has 1 unspecified atom stereocenters. The Labute approximate surface area is 91.2 Å². The Morgan fingerprint density at radius 2 is 2.43 bits per heavy atom. The summed E-state index contributed by atoms with van der Waals surface area (Å²) in [6.45, 7) is 1.90. The van der Waals surface area contributed by atoms with Crippen LogP contribution in [0.2, 0.25) is 5.15 Å². The van der Waals surface area contributed by atoms with Gasteiger partial charge in [-0.3, -0.25) is 4.79 Å². The van der Waals surface area contributed by atoms with Crippen molar-refractivity contribution in [3.63, 3.8) is 0 Å². The number of nitrogens with zero attached hydrogens (tertiary/aromatic N) is 1. The van der Waals surface area contributed by atoms with Gasteiger partial charge in [0, 0.05) is 11.7 Å². The molecule has 0 fully saturated rings. The quantitative estimate of drug-likeness (QED) is 0.694. The normalized spacial score (nSPS) is 21.0. The molecule has 1 atom stereocenters. The maximum Gasteiger partial charge on any atom is 0.228 e. The van der Waals surface area contributed by atoms with Gasteiger partial charge < -0.3 is 5.32 Å². The summed E-state index contributed by atoms with van der Waals surface area (Å²) < 4.78 is 0. The molecule has 3 nitrogen and oxygen atoms in total. The minimum atomic E-state index is 0.00738. The van der Waals surface area contributed by atoms with Crippen LogP contribution in [0.4, 0.5) is 5.69 Å². The van der Waals surface area contributed by atoms with Crippen molar-refractivity contribution in [3.05, 3.63) is 17.3 Å². The number of rotatable bonds is 0. The number of hydrogen-bond donors (Lipinski definition) is 1. The van der Waals surface area contributed by atoms with Crippen LogP contribution in [0, 0.1) is 5.92 Å². The average molecular weight is 229 g/mol. The minimum Gasteiger partial charge on any atom is -0.324 e. The van der Waals surface area contributed by atoms with Crippen LogP contribution >= 0.6 is 23.4 Å².